The number of sulfone groups is 1. The minimum absolute atomic E-state index is 0.256. The number of aliphatic hydroxyl groups excluding tert-OH is 1. The molecule has 0 aliphatic carbocycles. The summed E-state index contributed by atoms with van der Waals surface area (Å²) in [7, 11) is -3.40. The van der Waals surface area contributed by atoms with Crippen molar-refractivity contribution in [2.75, 3.05) is 11.5 Å². The van der Waals surface area contributed by atoms with E-state index in [2.05, 4.69) is 15.9 Å². The van der Waals surface area contributed by atoms with Gasteiger partial charge in [0.2, 0.25) is 5.82 Å². The van der Waals surface area contributed by atoms with Crippen LogP contribution in [0.5, 0.6) is 5.75 Å². The summed E-state index contributed by atoms with van der Waals surface area (Å²) in [5.74, 6) is -3.61. The van der Waals surface area contributed by atoms with Gasteiger partial charge in [0.25, 0.3) is 0 Å². The molecule has 0 amide bonds. The summed E-state index contributed by atoms with van der Waals surface area (Å²) >= 11 is 2.97. The van der Waals surface area contributed by atoms with Gasteiger partial charge in [-0.05, 0) is 12.1 Å². The van der Waals surface area contributed by atoms with Gasteiger partial charge in [-0.15, -0.1) is 0 Å². The number of hydrogen-bond donors (Lipinski definition) is 1. The van der Waals surface area contributed by atoms with E-state index in [0.29, 0.717) is 0 Å². The summed E-state index contributed by atoms with van der Waals surface area (Å²) in [5.41, 5.74) is 0. The molecule has 18 heavy (non-hydrogen) atoms. The molecule has 2 atom stereocenters. The number of aliphatic hydroxyl groups is 1. The first-order valence-corrected chi connectivity index (χ1v) is 7.59. The van der Waals surface area contributed by atoms with Gasteiger partial charge in [0, 0.05) is 4.47 Å². The van der Waals surface area contributed by atoms with E-state index < -0.39 is 50.9 Å². The molecule has 1 aromatic carbocycles. The van der Waals surface area contributed by atoms with Crippen LogP contribution in [0.2, 0.25) is 0 Å². The molecule has 0 radical (unpaired) electrons. The monoisotopic (exact) mass is 342 g/mol. The highest BCUT2D eigenvalue weighted by atomic mass is 79.9. The van der Waals surface area contributed by atoms with Crippen LogP contribution in [0.4, 0.5) is 8.78 Å². The van der Waals surface area contributed by atoms with Gasteiger partial charge in [-0.3, -0.25) is 0 Å². The third kappa shape index (κ3) is 2.81. The highest BCUT2D eigenvalue weighted by molar-refractivity contribution is 9.10. The van der Waals surface area contributed by atoms with Crippen molar-refractivity contribution in [3.05, 3.63) is 28.2 Å². The molecule has 4 nitrogen and oxygen atoms in total. The molecule has 2 unspecified atom stereocenters. The second-order valence-corrected chi connectivity index (χ2v) is 7.07. The zero-order valence-electron chi connectivity index (χ0n) is 8.94. The maximum absolute atomic E-state index is 13.4. The minimum atomic E-state index is -3.40. The standard InChI is InChI=1S/C10H9BrF2O4S/c11-5-1-6(12)10(13)8(2-5)17-9-4-18(15,16)3-7(9)14/h1-2,7,9,14H,3-4H2. The molecule has 1 heterocycles. The molecule has 8 heteroatoms. The first-order chi connectivity index (χ1) is 8.28. The normalized spacial score (nSPS) is 26.2. The van der Waals surface area contributed by atoms with Crippen molar-refractivity contribution in [1.82, 2.24) is 0 Å². The second-order valence-electron chi connectivity index (χ2n) is 4.00. The van der Waals surface area contributed by atoms with Gasteiger partial charge in [0.05, 0.1) is 11.5 Å². The Kier molecular flexibility index (Phi) is 3.61. The average Bonchev–Trinajstić information content (AvgIpc) is 2.47. The fourth-order valence-electron chi connectivity index (χ4n) is 1.69. The van der Waals surface area contributed by atoms with Crippen LogP contribution in [0.25, 0.3) is 0 Å². The van der Waals surface area contributed by atoms with Crippen molar-refractivity contribution in [2.24, 2.45) is 0 Å². The lowest BCUT2D eigenvalue weighted by molar-refractivity contribution is 0.0705. The Bertz CT molecular complexity index is 575. The summed E-state index contributed by atoms with van der Waals surface area (Å²) in [5, 5.41) is 9.48. The minimum Gasteiger partial charge on any atom is -0.483 e. The molecule has 1 aliphatic heterocycles. The van der Waals surface area contributed by atoms with E-state index in [1.165, 1.54) is 6.07 Å². The van der Waals surface area contributed by atoms with Gasteiger partial charge in [-0.1, -0.05) is 15.9 Å². The molecule has 1 fully saturated rings. The van der Waals surface area contributed by atoms with Gasteiger partial charge < -0.3 is 9.84 Å². The number of halogens is 3. The van der Waals surface area contributed by atoms with E-state index in [0.717, 1.165) is 6.07 Å². The fraction of sp³-hybridized carbons (Fsp3) is 0.400. The van der Waals surface area contributed by atoms with Gasteiger partial charge in [-0.25, -0.2) is 12.8 Å². The predicted octanol–water partition coefficient (Wildman–Crippen LogP) is 1.26. The van der Waals surface area contributed by atoms with Crippen LogP contribution < -0.4 is 4.74 Å². The molecule has 1 aliphatic rings. The summed E-state index contributed by atoms with van der Waals surface area (Å²) in [6.07, 6.45) is -2.32. The lowest BCUT2D eigenvalue weighted by Crippen LogP contribution is -2.30. The van der Waals surface area contributed by atoms with Crippen molar-refractivity contribution in [2.45, 2.75) is 12.2 Å². The van der Waals surface area contributed by atoms with Crippen molar-refractivity contribution >= 4 is 25.8 Å². The van der Waals surface area contributed by atoms with Crippen LogP contribution in [0, 0.1) is 11.6 Å². The van der Waals surface area contributed by atoms with Gasteiger partial charge >= 0.3 is 0 Å². The van der Waals surface area contributed by atoms with Gasteiger partial charge in [0.15, 0.2) is 21.4 Å². The van der Waals surface area contributed by atoms with Crippen LogP contribution in [-0.4, -0.2) is 37.2 Å². The first-order valence-electron chi connectivity index (χ1n) is 4.98. The SMILES string of the molecule is O=S1(=O)CC(O)C(Oc2cc(Br)cc(F)c2F)C1. The zero-order chi connectivity index (χ0) is 13.5. The van der Waals surface area contributed by atoms with E-state index in [1.54, 1.807) is 0 Å². The van der Waals surface area contributed by atoms with E-state index in [9.17, 15) is 22.3 Å². The quantitative estimate of drug-likeness (QED) is 0.822. The van der Waals surface area contributed by atoms with E-state index in [-0.39, 0.29) is 4.47 Å². The number of benzene rings is 1. The number of rotatable bonds is 2. The largest absolute Gasteiger partial charge is 0.483 e. The van der Waals surface area contributed by atoms with E-state index >= 15 is 0 Å². The molecular weight excluding hydrogens is 334 g/mol. The van der Waals surface area contributed by atoms with Crippen LogP contribution in [0.1, 0.15) is 0 Å². The maximum Gasteiger partial charge on any atom is 0.200 e. The van der Waals surface area contributed by atoms with Crippen molar-refractivity contribution in [3.8, 4) is 5.75 Å². The zero-order valence-corrected chi connectivity index (χ0v) is 11.3. The summed E-state index contributed by atoms with van der Waals surface area (Å²) in [4.78, 5) is 0. The first kappa shape index (κ1) is 13.7. The molecule has 1 aromatic rings. The molecule has 0 bridgehead atoms. The Labute approximate surface area is 111 Å². The average molecular weight is 343 g/mol. The van der Waals surface area contributed by atoms with Crippen LogP contribution >= 0.6 is 15.9 Å². The molecule has 2 rings (SSSR count). The smallest absolute Gasteiger partial charge is 0.200 e. The Balaban J connectivity index is 2.25. The van der Waals surface area contributed by atoms with Gasteiger partial charge in [0.1, 0.15) is 12.2 Å². The molecule has 1 N–H and O–H groups in total. The summed E-state index contributed by atoms with van der Waals surface area (Å²) in [6, 6.07) is 2.10. The number of ether oxygens (including phenoxy) is 1. The lowest BCUT2D eigenvalue weighted by Gasteiger charge is -2.16. The van der Waals surface area contributed by atoms with Crippen LogP contribution in [-0.2, 0) is 9.84 Å². The summed E-state index contributed by atoms with van der Waals surface area (Å²) in [6.45, 7) is 0. The summed E-state index contributed by atoms with van der Waals surface area (Å²) < 4.78 is 54.3. The topological polar surface area (TPSA) is 63.6 Å². The Morgan fingerprint density at radius 3 is 2.56 bits per heavy atom. The van der Waals surface area contributed by atoms with Crippen LogP contribution in [0.15, 0.2) is 16.6 Å². The van der Waals surface area contributed by atoms with Crippen LogP contribution in [0.3, 0.4) is 0 Å². The maximum atomic E-state index is 13.4. The highest BCUT2D eigenvalue weighted by Crippen LogP contribution is 2.28. The Morgan fingerprint density at radius 2 is 2.00 bits per heavy atom. The predicted molar refractivity (Wildman–Crippen MR) is 63.1 cm³/mol. The molecule has 0 spiro atoms. The molecule has 1 saturated heterocycles. The van der Waals surface area contributed by atoms with Gasteiger partial charge in [-0.2, -0.15) is 4.39 Å². The van der Waals surface area contributed by atoms with E-state index in [1.807, 2.05) is 0 Å². The fourth-order valence-corrected chi connectivity index (χ4v) is 3.76. The number of hydrogen-bond acceptors (Lipinski definition) is 4. The van der Waals surface area contributed by atoms with Crippen molar-refractivity contribution in [1.29, 1.82) is 0 Å². The Morgan fingerprint density at radius 1 is 1.33 bits per heavy atom. The van der Waals surface area contributed by atoms with Crippen molar-refractivity contribution < 1.29 is 27.0 Å². The molecular formula is C10H9BrF2O4S. The van der Waals surface area contributed by atoms with E-state index in [4.69, 9.17) is 4.74 Å². The third-order valence-corrected chi connectivity index (χ3v) is 4.65. The molecule has 0 saturated carbocycles. The second kappa shape index (κ2) is 4.75. The molecule has 100 valence electrons. The molecule has 0 aromatic heterocycles. The van der Waals surface area contributed by atoms with Crippen molar-refractivity contribution in [3.63, 3.8) is 0 Å². The third-order valence-electron chi connectivity index (χ3n) is 2.51. The highest BCUT2D eigenvalue weighted by Gasteiger charge is 2.38. The Hall–Kier alpha value is -0.730. The lowest BCUT2D eigenvalue weighted by atomic mass is 10.2.